The highest BCUT2D eigenvalue weighted by Gasteiger charge is 2.07. The minimum Gasteiger partial charge on any atom is -0.294 e. The maximum Gasteiger partial charge on any atom is 0.194 e. The lowest BCUT2D eigenvalue weighted by Gasteiger charge is -1.88. The van der Waals surface area contributed by atoms with Gasteiger partial charge in [-0.05, 0) is 13.8 Å². The van der Waals surface area contributed by atoms with E-state index in [1.807, 2.05) is 6.20 Å². The summed E-state index contributed by atoms with van der Waals surface area (Å²) in [6, 6.07) is 0. The van der Waals surface area contributed by atoms with E-state index in [0.29, 0.717) is 5.88 Å². The van der Waals surface area contributed by atoms with E-state index in [-0.39, 0.29) is 0 Å². The van der Waals surface area contributed by atoms with Crippen LogP contribution in [0.3, 0.4) is 0 Å². The number of halogens is 1. The Balaban J connectivity index is 2.71. The van der Waals surface area contributed by atoms with Gasteiger partial charge in [0.15, 0.2) is 4.96 Å². The summed E-state index contributed by atoms with van der Waals surface area (Å²) in [6.45, 7) is 4.20. The molecular weight excluding hydrogens is 192 g/mol. The lowest BCUT2D eigenvalue weighted by molar-refractivity contribution is 1.10. The third-order valence-corrected chi connectivity index (χ3v) is 3.32. The van der Waals surface area contributed by atoms with Gasteiger partial charge in [0.05, 0.1) is 11.6 Å². The number of aryl methyl sites for hydroxylation is 2. The van der Waals surface area contributed by atoms with Crippen LogP contribution in [0, 0.1) is 13.8 Å². The van der Waals surface area contributed by atoms with Crippen LogP contribution in [0.5, 0.6) is 0 Å². The van der Waals surface area contributed by atoms with Crippen LogP contribution < -0.4 is 0 Å². The number of thiazole rings is 1. The van der Waals surface area contributed by atoms with Crippen molar-refractivity contribution >= 4 is 27.9 Å². The summed E-state index contributed by atoms with van der Waals surface area (Å²) >= 11 is 7.38. The first-order valence-electron chi connectivity index (χ1n) is 3.72. The molecule has 2 nitrogen and oxygen atoms in total. The number of nitrogens with zero attached hydrogens (tertiary/aromatic N) is 2. The number of alkyl halides is 1. The number of imidazole rings is 1. The molecule has 0 saturated heterocycles. The molecule has 0 aromatic carbocycles. The molecule has 2 rings (SSSR count). The van der Waals surface area contributed by atoms with Crippen molar-refractivity contribution in [1.82, 2.24) is 9.38 Å². The van der Waals surface area contributed by atoms with Gasteiger partial charge in [-0.15, -0.1) is 22.9 Å². The molecule has 4 heteroatoms. The highest BCUT2D eigenvalue weighted by molar-refractivity contribution is 7.17. The van der Waals surface area contributed by atoms with E-state index in [0.717, 1.165) is 10.7 Å². The van der Waals surface area contributed by atoms with Crippen LogP contribution in [0.15, 0.2) is 6.20 Å². The second-order valence-electron chi connectivity index (χ2n) is 2.76. The van der Waals surface area contributed by atoms with Crippen molar-refractivity contribution in [2.24, 2.45) is 0 Å². The van der Waals surface area contributed by atoms with E-state index < -0.39 is 0 Å². The van der Waals surface area contributed by atoms with Crippen molar-refractivity contribution in [3.05, 3.63) is 22.5 Å². The molecule has 0 radical (unpaired) electrons. The lowest BCUT2D eigenvalue weighted by atomic mass is 10.4. The van der Waals surface area contributed by atoms with Crippen LogP contribution in [0.25, 0.3) is 4.96 Å². The van der Waals surface area contributed by atoms with E-state index >= 15 is 0 Å². The Morgan fingerprint density at radius 3 is 2.92 bits per heavy atom. The summed E-state index contributed by atoms with van der Waals surface area (Å²) < 4.78 is 2.09. The third-order valence-electron chi connectivity index (χ3n) is 1.98. The van der Waals surface area contributed by atoms with Crippen molar-refractivity contribution in [2.75, 3.05) is 0 Å². The molecular formula is C8H9ClN2S. The molecule has 0 bridgehead atoms. The highest BCUT2D eigenvalue weighted by Crippen LogP contribution is 2.21. The van der Waals surface area contributed by atoms with Gasteiger partial charge in [0.2, 0.25) is 0 Å². The van der Waals surface area contributed by atoms with Gasteiger partial charge in [-0.1, -0.05) is 0 Å². The van der Waals surface area contributed by atoms with Crippen molar-refractivity contribution < 1.29 is 0 Å². The first kappa shape index (κ1) is 8.08. The van der Waals surface area contributed by atoms with Crippen LogP contribution in [0.1, 0.15) is 16.3 Å². The average Bonchev–Trinajstić information content (AvgIpc) is 2.55. The summed E-state index contributed by atoms with van der Waals surface area (Å²) in [5.74, 6) is 0.493. The van der Waals surface area contributed by atoms with E-state index in [1.165, 1.54) is 10.6 Å². The standard InChI is InChI=1S/C8H9ClN2S/c1-5-6(2)12-8-10-7(3-9)4-11(5)8/h4H,3H2,1-2H3. The maximum absolute atomic E-state index is 5.68. The minimum atomic E-state index is 0.493. The molecule has 2 heterocycles. The SMILES string of the molecule is Cc1sc2nc(CCl)cn2c1C. The van der Waals surface area contributed by atoms with Gasteiger partial charge in [0.25, 0.3) is 0 Å². The first-order chi connectivity index (χ1) is 5.72. The van der Waals surface area contributed by atoms with Gasteiger partial charge in [0.1, 0.15) is 0 Å². The van der Waals surface area contributed by atoms with Crippen molar-refractivity contribution in [1.29, 1.82) is 0 Å². The molecule has 0 N–H and O–H groups in total. The number of fused-ring (bicyclic) bond motifs is 1. The predicted octanol–water partition coefficient (Wildman–Crippen LogP) is 2.75. The molecule has 2 aromatic rings. The van der Waals surface area contributed by atoms with E-state index in [1.54, 1.807) is 11.3 Å². The Morgan fingerprint density at radius 2 is 2.33 bits per heavy atom. The fraction of sp³-hybridized carbons (Fsp3) is 0.375. The zero-order chi connectivity index (χ0) is 8.72. The van der Waals surface area contributed by atoms with Gasteiger partial charge in [-0.3, -0.25) is 4.40 Å². The van der Waals surface area contributed by atoms with Gasteiger partial charge in [-0.25, -0.2) is 4.98 Å². The summed E-state index contributed by atoms with van der Waals surface area (Å²) in [6.07, 6.45) is 2.00. The normalized spacial score (nSPS) is 11.2. The Bertz CT molecular complexity index is 416. The first-order valence-corrected chi connectivity index (χ1v) is 5.07. The molecule has 0 saturated carbocycles. The molecule has 0 spiro atoms. The Morgan fingerprint density at radius 1 is 1.58 bits per heavy atom. The predicted molar refractivity (Wildman–Crippen MR) is 52.1 cm³/mol. The average molecular weight is 201 g/mol. The number of aromatic nitrogens is 2. The summed E-state index contributed by atoms with van der Waals surface area (Å²) in [4.78, 5) is 6.72. The van der Waals surface area contributed by atoms with Crippen LogP contribution in [0.2, 0.25) is 0 Å². The summed E-state index contributed by atoms with van der Waals surface area (Å²) in [5, 5.41) is 0. The monoisotopic (exact) mass is 200 g/mol. The van der Waals surface area contributed by atoms with E-state index in [2.05, 4.69) is 23.2 Å². The lowest BCUT2D eigenvalue weighted by Crippen LogP contribution is -1.81. The number of hydrogen-bond donors (Lipinski definition) is 0. The number of rotatable bonds is 1. The minimum absolute atomic E-state index is 0.493. The van der Waals surface area contributed by atoms with Gasteiger partial charge in [-0.2, -0.15) is 0 Å². The molecule has 0 amide bonds. The maximum atomic E-state index is 5.68. The molecule has 12 heavy (non-hydrogen) atoms. The second-order valence-corrected chi connectivity index (χ2v) is 4.21. The van der Waals surface area contributed by atoms with Gasteiger partial charge >= 0.3 is 0 Å². The molecule has 0 atom stereocenters. The Labute approximate surface area is 79.8 Å². The van der Waals surface area contributed by atoms with Gasteiger partial charge < -0.3 is 0 Å². The Hall–Kier alpha value is -0.540. The zero-order valence-corrected chi connectivity index (χ0v) is 8.54. The van der Waals surface area contributed by atoms with Gasteiger partial charge in [0, 0.05) is 16.8 Å². The molecule has 0 fully saturated rings. The van der Waals surface area contributed by atoms with Crippen LogP contribution in [-0.4, -0.2) is 9.38 Å². The van der Waals surface area contributed by atoms with Crippen molar-refractivity contribution in [2.45, 2.75) is 19.7 Å². The van der Waals surface area contributed by atoms with Crippen molar-refractivity contribution in [3.63, 3.8) is 0 Å². The summed E-state index contributed by atoms with van der Waals surface area (Å²) in [7, 11) is 0. The quantitative estimate of drug-likeness (QED) is 0.648. The Kier molecular flexibility index (Phi) is 1.85. The molecule has 0 aliphatic rings. The largest absolute Gasteiger partial charge is 0.294 e. The second kappa shape index (κ2) is 2.75. The van der Waals surface area contributed by atoms with Crippen LogP contribution in [-0.2, 0) is 5.88 Å². The molecule has 0 aliphatic heterocycles. The third kappa shape index (κ3) is 1.04. The van der Waals surface area contributed by atoms with E-state index in [4.69, 9.17) is 11.6 Å². The molecule has 0 unspecified atom stereocenters. The molecule has 0 aliphatic carbocycles. The fourth-order valence-electron chi connectivity index (χ4n) is 1.17. The topological polar surface area (TPSA) is 17.3 Å². The fourth-order valence-corrected chi connectivity index (χ4v) is 2.27. The highest BCUT2D eigenvalue weighted by atomic mass is 35.5. The summed E-state index contributed by atoms with van der Waals surface area (Å²) in [5.41, 5.74) is 2.21. The van der Waals surface area contributed by atoms with E-state index in [9.17, 15) is 0 Å². The molecule has 64 valence electrons. The number of hydrogen-bond acceptors (Lipinski definition) is 2. The van der Waals surface area contributed by atoms with Crippen LogP contribution >= 0.6 is 22.9 Å². The smallest absolute Gasteiger partial charge is 0.194 e. The van der Waals surface area contributed by atoms with Crippen molar-refractivity contribution in [3.8, 4) is 0 Å². The molecule has 2 aromatic heterocycles. The zero-order valence-electron chi connectivity index (χ0n) is 6.97. The van der Waals surface area contributed by atoms with Crippen LogP contribution in [0.4, 0.5) is 0 Å².